The van der Waals surface area contributed by atoms with E-state index in [1.165, 1.54) is 11.3 Å². The van der Waals surface area contributed by atoms with E-state index in [1.54, 1.807) is 0 Å². The van der Waals surface area contributed by atoms with Crippen LogP contribution in [0.5, 0.6) is 0 Å². The van der Waals surface area contributed by atoms with E-state index in [-0.39, 0.29) is 5.24 Å². The van der Waals surface area contributed by atoms with Crippen molar-refractivity contribution in [1.82, 2.24) is 0 Å². The largest absolute Gasteiger partial charge is 0.275 e. The molecule has 2 aromatic rings. The first kappa shape index (κ1) is 7.77. The maximum atomic E-state index is 10.9. The number of carbonyl (C=O) groups excluding carboxylic acids is 1. The van der Waals surface area contributed by atoms with E-state index in [1.807, 2.05) is 29.6 Å². The molecule has 0 saturated heterocycles. The van der Waals surface area contributed by atoms with Gasteiger partial charge in [0.05, 0.1) is 4.88 Å². The van der Waals surface area contributed by atoms with Crippen molar-refractivity contribution < 1.29 is 4.79 Å². The van der Waals surface area contributed by atoms with Gasteiger partial charge in [0.1, 0.15) is 0 Å². The fourth-order valence-corrected chi connectivity index (χ4v) is 2.24. The number of carbonyl (C=O) groups is 1. The predicted octanol–water partition coefficient (Wildman–Crippen LogP) is 3.28. The van der Waals surface area contributed by atoms with E-state index in [9.17, 15) is 4.79 Å². The van der Waals surface area contributed by atoms with Gasteiger partial charge in [-0.1, -0.05) is 24.3 Å². The second-order valence-corrected chi connectivity index (χ2v) is 3.65. The number of rotatable bonds is 1. The van der Waals surface area contributed by atoms with E-state index in [2.05, 4.69) is 0 Å². The summed E-state index contributed by atoms with van der Waals surface area (Å²) in [5, 5.41) is 3.58. The molecule has 0 saturated carbocycles. The predicted molar refractivity (Wildman–Crippen MR) is 52.0 cm³/mol. The summed E-state index contributed by atoms with van der Waals surface area (Å²) in [6.07, 6.45) is 0. The minimum Gasteiger partial charge on any atom is -0.275 e. The number of benzene rings is 1. The first-order valence-corrected chi connectivity index (χ1v) is 4.71. The van der Waals surface area contributed by atoms with Crippen molar-refractivity contribution in [2.45, 2.75) is 0 Å². The standard InChI is InChI=1S/C9H5ClOS/c10-9(11)8-7-4-2-1-3-6(7)5-12-8/h1-5H. The molecule has 0 amide bonds. The Bertz CT molecular complexity index is 433. The molecule has 0 spiro atoms. The molecular weight excluding hydrogens is 192 g/mol. The summed E-state index contributed by atoms with van der Waals surface area (Å²) in [5.74, 6) is 0. The van der Waals surface area contributed by atoms with Crippen LogP contribution >= 0.6 is 22.9 Å². The topological polar surface area (TPSA) is 17.1 Å². The summed E-state index contributed by atoms with van der Waals surface area (Å²) in [4.78, 5) is 11.5. The molecule has 1 nitrogen and oxygen atoms in total. The maximum absolute atomic E-state index is 10.9. The van der Waals surface area contributed by atoms with E-state index in [0.717, 1.165) is 10.8 Å². The first-order valence-electron chi connectivity index (χ1n) is 3.45. The molecule has 0 fully saturated rings. The monoisotopic (exact) mass is 196 g/mol. The van der Waals surface area contributed by atoms with Crippen molar-refractivity contribution >= 4 is 39.0 Å². The molecule has 1 aromatic heterocycles. The SMILES string of the molecule is O=C(Cl)c1scc2ccccc12. The Hall–Kier alpha value is -0.860. The van der Waals surface area contributed by atoms with Crippen LogP contribution in [-0.4, -0.2) is 5.24 Å². The van der Waals surface area contributed by atoms with Crippen LogP contribution in [0.25, 0.3) is 10.8 Å². The average molecular weight is 197 g/mol. The van der Waals surface area contributed by atoms with Crippen LogP contribution in [0.1, 0.15) is 9.67 Å². The van der Waals surface area contributed by atoms with Crippen LogP contribution in [0.15, 0.2) is 29.6 Å². The van der Waals surface area contributed by atoms with Gasteiger partial charge in [0, 0.05) is 5.39 Å². The second-order valence-electron chi connectivity index (χ2n) is 2.43. The summed E-state index contributed by atoms with van der Waals surface area (Å²) in [6.45, 7) is 0. The minimum absolute atomic E-state index is 0.374. The Morgan fingerprint density at radius 2 is 2.08 bits per heavy atom. The van der Waals surface area contributed by atoms with Crippen LogP contribution < -0.4 is 0 Å². The molecule has 0 aliphatic heterocycles. The van der Waals surface area contributed by atoms with Crippen molar-refractivity contribution in [3.05, 3.63) is 34.5 Å². The molecule has 2 rings (SSSR count). The van der Waals surface area contributed by atoms with Gasteiger partial charge in [-0.05, 0) is 22.4 Å². The van der Waals surface area contributed by atoms with Crippen LogP contribution in [0.4, 0.5) is 0 Å². The molecule has 3 heteroatoms. The van der Waals surface area contributed by atoms with E-state index in [4.69, 9.17) is 11.6 Å². The van der Waals surface area contributed by atoms with Gasteiger partial charge in [0.15, 0.2) is 0 Å². The zero-order valence-electron chi connectivity index (χ0n) is 6.08. The van der Waals surface area contributed by atoms with E-state index < -0.39 is 0 Å². The lowest BCUT2D eigenvalue weighted by Gasteiger charge is -1.89. The summed E-state index contributed by atoms with van der Waals surface area (Å²) >= 11 is 6.78. The van der Waals surface area contributed by atoms with Gasteiger partial charge in [-0.25, -0.2) is 0 Å². The molecule has 0 N–H and O–H groups in total. The molecule has 0 aliphatic carbocycles. The maximum Gasteiger partial charge on any atom is 0.263 e. The highest BCUT2D eigenvalue weighted by Crippen LogP contribution is 2.26. The Labute approximate surface area is 78.6 Å². The number of hydrogen-bond donors (Lipinski definition) is 0. The van der Waals surface area contributed by atoms with Crippen LogP contribution in [0.2, 0.25) is 0 Å². The fourth-order valence-electron chi connectivity index (χ4n) is 1.14. The highest BCUT2D eigenvalue weighted by molar-refractivity contribution is 7.15. The zero-order chi connectivity index (χ0) is 8.55. The molecule has 0 unspecified atom stereocenters. The Morgan fingerprint density at radius 1 is 1.33 bits per heavy atom. The number of hydrogen-bond acceptors (Lipinski definition) is 2. The second kappa shape index (κ2) is 2.88. The zero-order valence-corrected chi connectivity index (χ0v) is 7.65. The highest BCUT2D eigenvalue weighted by atomic mass is 35.5. The number of thiophene rings is 1. The van der Waals surface area contributed by atoms with Crippen LogP contribution in [-0.2, 0) is 0 Å². The lowest BCUT2D eigenvalue weighted by molar-refractivity contribution is 0.108. The quantitative estimate of drug-likeness (QED) is 0.640. The summed E-state index contributed by atoms with van der Waals surface area (Å²) in [7, 11) is 0. The van der Waals surface area contributed by atoms with Gasteiger partial charge in [-0.3, -0.25) is 4.79 Å². The molecule has 0 bridgehead atoms. The van der Waals surface area contributed by atoms with Gasteiger partial charge >= 0.3 is 0 Å². The Morgan fingerprint density at radius 3 is 2.83 bits per heavy atom. The third-order valence-electron chi connectivity index (χ3n) is 1.69. The average Bonchev–Trinajstić information content (AvgIpc) is 2.47. The summed E-state index contributed by atoms with van der Waals surface area (Å²) in [5.41, 5.74) is 0. The fraction of sp³-hybridized carbons (Fsp3) is 0. The van der Waals surface area contributed by atoms with Gasteiger partial charge in [0.2, 0.25) is 0 Å². The van der Waals surface area contributed by atoms with Crippen molar-refractivity contribution in [3.63, 3.8) is 0 Å². The lowest BCUT2D eigenvalue weighted by Crippen LogP contribution is -1.81. The first-order chi connectivity index (χ1) is 5.79. The van der Waals surface area contributed by atoms with Gasteiger partial charge < -0.3 is 0 Å². The highest BCUT2D eigenvalue weighted by Gasteiger charge is 2.08. The molecule has 1 aromatic carbocycles. The molecule has 12 heavy (non-hydrogen) atoms. The minimum atomic E-state index is -0.374. The third-order valence-corrected chi connectivity index (χ3v) is 3.00. The molecule has 1 heterocycles. The van der Waals surface area contributed by atoms with Gasteiger partial charge in [0.25, 0.3) is 5.24 Å². The Kier molecular flexibility index (Phi) is 1.87. The van der Waals surface area contributed by atoms with Crippen molar-refractivity contribution in [2.24, 2.45) is 0 Å². The van der Waals surface area contributed by atoms with Crippen molar-refractivity contribution in [3.8, 4) is 0 Å². The van der Waals surface area contributed by atoms with E-state index >= 15 is 0 Å². The molecule has 0 aliphatic rings. The van der Waals surface area contributed by atoms with E-state index in [0.29, 0.717) is 4.88 Å². The van der Waals surface area contributed by atoms with Crippen molar-refractivity contribution in [1.29, 1.82) is 0 Å². The summed E-state index contributed by atoms with van der Waals surface area (Å²) in [6, 6.07) is 7.71. The lowest BCUT2D eigenvalue weighted by atomic mass is 10.2. The smallest absolute Gasteiger partial charge is 0.263 e. The third kappa shape index (κ3) is 1.13. The normalized spacial score (nSPS) is 10.4. The van der Waals surface area contributed by atoms with Gasteiger partial charge in [-0.2, -0.15) is 0 Å². The molecule has 0 radical (unpaired) electrons. The van der Waals surface area contributed by atoms with Crippen LogP contribution in [0, 0.1) is 0 Å². The Balaban J connectivity index is 2.79. The van der Waals surface area contributed by atoms with Crippen LogP contribution in [0.3, 0.4) is 0 Å². The number of halogens is 1. The number of fused-ring (bicyclic) bond motifs is 1. The summed E-state index contributed by atoms with van der Waals surface area (Å²) < 4.78 is 0. The molecule has 0 atom stereocenters. The van der Waals surface area contributed by atoms with Gasteiger partial charge in [-0.15, -0.1) is 11.3 Å². The van der Waals surface area contributed by atoms with Crippen molar-refractivity contribution in [2.75, 3.05) is 0 Å². The molecular formula is C9H5ClOS. The molecule has 60 valence electrons.